The smallest absolute Gasteiger partial charge is 0.0898 e. The highest BCUT2D eigenvalue weighted by atomic mass is 32.1. The predicted molar refractivity (Wildman–Crippen MR) is 72.0 cm³/mol. The van der Waals surface area contributed by atoms with Crippen molar-refractivity contribution in [1.82, 2.24) is 10.3 Å². The van der Waals surface area contributed by atoms with E-state index in [2.05, 4.69) is 43.4 Å². The molecule has 92 valence electrons. The molecule has 0 aliphatic heterocycles. The molecule has 1 aromatic rings. The van der Waals surface area contributed by atoms with Crippen molar-refractivity contribution in [2.75, 3.05) is 0 Å². The van der Waals surface area contributed by atoms with Crippen LogP contribution in [0, 0.1) is 6.92 Å². The molecule has 1 unspecified atom stereocenters. The van der Waals surface area contributed by atoms with E-state index < -0.39 is 0 Å². The van der Waals surface area contributed by atoms with Gasteiger partial charge >= 0.3 is 0 Å². The molecule has 0 spiro atoms. The lowest BCUT2D eigenvalue weighted by molar-refractivity contribution is 0.399. The van der Waals surface area contributed by atoms with E-state index in [0.717, 1.165) is 5.01 Å². The molecule has 1 rings (SSSR count). The molecule has 1 aromatic heterocycles. The Morgan fingerprint density at radius 3 is 2.38 bits per heavy atom. The number of thiazole rings is 1. The number of nitrogens with zero attached hydrogens (tertiary/aromatic N) is 1. The molecule has 0 bridgehead atoms. The molecule has 1 N–H and O–H groups in total. The molecule has 0 saturated carbocycles. The molecule has 2 nitrogen and oxygen atoms in total. The van der Waals surface area contributed by atoms with E-state index in [0.29, 0.717) is 12.1 Å². The van der Waals surface area contributed by atoms with Gasteiger partial charge < -0.3 is 5.32 Å². The Kier molecular flexibility index (Phi) is 5.99. The maximum absolute atomic E-state index is 4.54. The van der Waals surface area contributed by atoms with Crippen LogP contribution in [0.25, 0.3) is 0 Å². The van der Waals surface area contributed by atoms with Crippen LogP contribution in [0.2, 0.25) is 0 Å². The van der Waals surface area contributed by atoms with Gasteiger partial charge in [0.1, 0.15) is 0 Å². The highest BCUT2D eigenvalue weighted by molar-refractivity contribution is 7.09. The van der Waals surface area contributed by atoms with E-state index in [9.17, 15) is 0 Å². The van der Waals surface area contributed by atoms with Gasteiger partial charge in [-0.1, -0.05) is 26.7 Å². The molecule has 0 aromatic carbocycles. The van der Waals surface area contributed by atoms with Gasteiger partial charge in [0.15, 0.2) is 0 Å². The minimum Gasteiger partial charge on any atom is -0.306 e. The zero-order valence-electron chi connectivity index (χ0n) is 10.9. The van der Waals surface area contributed by atoms with Crippen molar-refractivity contribution in [3.05, 3.63) is 16.1 Å². The van der Waals surface area contributed by atoms with Crippen LogP contribution < -0.4 is 5.32 Å². The fraction of sp³-hybridized carbons (Fsp3) is 0.769. The van der Waals surface area contributed by atoms with Crippen molar-refractivity contribution >= 4 is 11.3 Å². The van der Waals surface area contributed by atoms with Crippen LogP contribution in [0.5, 0.6) is 0 Å². The second-order valence-corrected chi connectivity index (χ2v) is 5.52. The van der Waals surface area contributed by atoms with Crippen LogP contribution in [0.1, 0.15) is 63.2 Å². The van der Waals surface area contributed by atoms with Gasteiger partial charge in [0.05, 0.1) is 10.7 Å². The Morgan fingerprint density at radius 1 is 1.31 bits per heavy atom. The normalized spacial score (nSPS) is 13.3. The summed E-state index contributed by atoms with van der Waals surface area (Å²) in [5, 5.41) is 7.02. The van der Waals surface area contributed by atoms with Crippen molar-refractivity contribution in [3.8, 4) is 0 Å². The second kappa shape index (κ2) is 7.02. The highest BCUT2D eigenvalue weighted by Gasteiger charge is 2.13. The van der Waals surface area contributed by atoms with Gasteiger partial charge in [-0.15, -0.1) is 11.3 Å². The molecular formula is C13H24N2S. The molecule has 16 heavy (non-hydrogen) atoms. The van der Waals surface area contributed by atoms with Gasteiger partial charge in [-0.25, -0.2) is 4.98 Å². The molecule has 1 heterocycles. The molecule has 0 aliphatic carbocycles. The van der Waals surface area contributed by atoms with Crippen molar-refractivity contribution in [2.24, 2.45) is 0 Å². The first-order chi connectivity index (χ1) is 7.67. The van der Waals surface area contributed by atoms with Gasteiger partial charge in [0.2, 0.25) is 0 Å². The summed E-state index contributed by atoms with van der Waals surface area (Å²) in [6, 6.07) is 1.03. The number of aryl methyl sites for hydroxylation is 1. The number of rotatable bonds is 7. The lowest BCUT2D eigenvalue weighted by Crippen LogP contribution is -2.31. The van der Waals surface area contributed by atoms with Gasteiger partial charge in [0.25, 0.3) is 0 Å². The van der Waals surface area contributed by atoms with E-state index in [4.69, 9.17) is 0 Å². The quantitative estimate of drug-likeness (QED) is 0.777. The van der Waals surface area contributed by atoms with Gasteiger partial charge in [-0.05, 0) is 26.7 Å². The SMILES string of the molecule is CCCC(CCC)NC(C)c1csc(C)n1. The molecule has 1 atom stereocenters. The van der Waals surface area contributed by atoms with Crippen LogP contribution >= 0.6 is 11.3 Å². The van der Waals surface area contributed by atoms with E-state index >= 15 is 0 Å². The van der Waals surface area contributed by atoms with E-state index in [1.54, 1.807) is 11.3 Å². The molecule has 0 amide bonds. The van der Waals surface area contributed by atoms with Crippen LogP contribution in [0.3, 0.4) is 0 Å². The zero-order valence-corrected chi connectivity index (χ0v) is 11.7. The second-order valence-electron chi connectivity index (χ2n) is 4.45. The van der Waals surface area contributed by atoms with Crippen LogP contribution in [0.4, 0.5) is 0 Å². The third-order valence-corrected chi connectivity index (χ3v) is 3.63. The van der Waals surface area contributed by atoms with Crippen LogP contribution in [-0.4, -0.2) is 11.0 Å². The van der Waals surface area contributed by atoms with E-state index in [1.165, 1.54) is 31.4 Å². The Labute approximate surface area is 103 Å². The predicted octanol–water partition coefficient (Wildman–Crippen LogP) is 4.07. The minimum atomic E-state index is 0.382. The first-order valence-corrected chi connectivity index (χ1v) is 7.23. The standard InChI is InChI=1S/C13H24N2S/c1-5-7-12(8-6-2)14-10(3)13-9-16-11(4)15-13/h9-10,12,14H,5-8H2,1-4H3. The monoisotopic (exact) mass is 240 g/mol. The maximum Gasteiger partial charge on any atom is 0.0898 e. The summed E-state index contributed by atoms with van der Waals surface area (Å²) in [5.41, 5.74) is 1.19. The Hall–Kier alpha value is -0.410. The van der Waals surface area contributed by atoms with Gasteiger partial charge in [-0.2, -0.15) is 0 Å². The summed E-state index contributed by atoms with van der Waals surface area (Å²) < 4.78 is 0. The van der Waals surface area contributed by atoms with Crippen LogP contribution in [-0.2, 0) is 0 Å². The van der Waals surface area contributed by atoms with E-state index in [-0.39, 0.29) is 0 Å². The van der Waals surface area contributed by atoms with Crippen molar-refractivity contribution < 1.29 is 0 Å². The zero-order chi connectivity index (χ0) is 12.0. The summed E-state index contributed by atoms with van der Waals surface area (Å²) in [4.78, 5) is 4.54. The summed E-state index contributed by atoms with van der Waals surface area (Å²) in [6.45, 7) is 8.78. The van der Waals surface area contributed by atoms with Crippen LogP contribution in [0.15, 0.2) is 5.38 Å². The third-order valence-electron chi connectivity index (χ3n) is 2.84. The summed E-state index contributed by atoms with van der Waals surface area (Å²) in [6.07, 6.45) is 5.03. The van der Waals surface area contributed by atoms with Crippen molar-refractivity contribution in [3.63, 3.8) is 0 Å². The molecular weight excluding hydrogens is 216 g/mol. The number of aromatic nitrogens is 1. The largest absolute Gasteiger partial charge is 0.306 e. The fourth-order valence-electron chi connectivity index (χ4n) is 2.03. The number of nitrogens with one attached hydrogen (secondary N) is 1. The van der Waals surface area contributed by atoms with Crippen molar-refractivity contribution in [2.45, 2.75) is 65.5 Å². The lowest BCUT2D eigenvalue weighted by atomic mass is 10.1. The first kappa shape index (κ1) is 13.7. The number of hydrogen-bond donors (Lipinski definition) is 1. The molecule has 0 fully saturated rings. The summed E-state index contributed by atoms with van der Waals surface area (Å²) in [7, 11) is 0. The lowest BCUT2D eigenvalue weighted by Gasteiger charge is -2.21. The topological polar surface area (TPSA) is 24.9 Å². The Bertz CT molecular complexity index is 290. The van der Waals surface area contributed by atoms with Gasteiger partial charge in [0, 0.05) is 17.5 Å². The van der Waals surface area contributed by atoms with E-state index in [1.807, 2.05) is 0 Å². The average Bonchev–Trinajstić information content (AvgIpc) is 2.65. The fourth-order valence-corrected chi connectivity index (χ4v) is 2.73. The minimum absolute atomic E-state index is 0.382. The Balaban J connectivity index is 2.50. The average molecular weight is 240 g/mol. The number of hydrogen-bond acceptors (Lipinski definition) is 3. The molecule has 0 saturated heterocycles. The van der Waals surface area contributed by atoms with Gasteiger partial charge in [-0.3, -0.25) is 0 Å². The first-order valence-electron chi connectivity index (χ1n) is 6.35. The highest BCUT2D eigenvalue weighted by Crippen LogP contribution is 2.18. The Morgan fingerprint density at radius 2 is 1.94 bits per heavy atom. The molecule has 0 radical (unpaired) electrons. The summed E-state index contributed by atoms with van der Waals surface area (Å²) in [5.74, 6) is 0. The third kappa shape index (κ3) is 4.22. The molecule has 3 heteroatoms. The molecule has 0 aliphatic rings. The summed E-state index contributed by atoms with van der Waals surface area (Å²) >= 11 is 1.74. The van der Waals surface area contributed by atoms with Crippen molar-refractivity contribution in [1.29, 1.82) is 0 Å². The maximum atomic E-state index is 4.54.